The highest BCUT2D eigenvalue weighted by Crippen LogP contribution is 2.36. The summed E-state index contributed by atoms with van der Waals surface area (Å²) >= 11 is 11.9. The summed E-state index contributed by atoms with van der Waals surface area (Å²) in [6, 6.07) is 5.08. The highest BCUT2D eigenvalue weighted by Gasteiger charge is 2.32. The fraction of sp³-hybridized carbons (Fsp3) is 0.286. The van der Waals surface area contributed by atoms with Crippen LogP contribution in [0, 0.1) is 0 Å². The van der Waals surface area contributed by atoms with Crippen LogP contribution in [0.25, 0.3) is 0 Å². The molecule has 1 aliphatic rings. The maximum absolute atomic E-state index is 11.9. The molecule has 0 bridgehead atoms. The van der Waals surface area contributed by atoms with E-state index in [1.165, 1.54) is 7.11 Å². The van der Waals surface area contributed by atoms with Gasteiger partial charge in [-0.15, -0.1) is 0 Å². The Labute approximate surface area is 126 Å². The summed E-state index contributed by atoms with van der Waals surface area (Å²) in [6.45, 7) is 1.67. The van der Waals surface area contributed by atoms with Gasteiger partial charge >= 0.3 is 5.97 Å². The molecular formula is C14H13Cl2NO3. The number of hydrogen-bond donors (Lipinski definition) is 1. The van der Waals surface area contributed by atoms with Crippen LogP contribution < -0.4 is 5.32 Å². The van der Waals surface area contributed by atoms with Gasteiger partial charge in [-0.1, -0.05) is 29.3 Å². The molecular weight excluding hydrogens is 301 g/mol. The van der Waals surface area contributed by atoms with Crippen molar-refractivity contribution in [2.24, 2.45) is 0 Å². The Hall–Kier alpha value is -1.52. The van der Waals surface area contributed by atoms with Crippen LogP contribution in [-0.2, 0) is 14.3 Å². The number of esters is 1. The molecule has 1 aromatic rings. The average molecular weight is 314 g/mol. The molecule has 0 spiro atoms. The highest BCUT2D eigenvalue weighted by molar-refractivity contribution is 6.42. The van der Waals surface area contributed by atoms with Crippen LogP contribution >= 0.6 is 23.2 Å². The minimum Gasteiger partial charge on any atom is -0.466 e. The van der Waals surface area contributed by atoms with Crippen LogP contribution in [0.5, 0.6) is 0 Å². The molecule has 1 amide bonds. The normalized spacial score (nSPS) is 18.8. The van der Waals surface area contributed by atoms with Crippen molar-refractivity contribution in [3.63, 3.8) is 0 Å². The maximum atomic E-state index is 11.9. The number of carbonyl (C=O) groups excluding carboxylic acids is 2. The Morgan fingerprint density at radius 2 is 2.05 bits per heavy atom. The molecule has 1 N–H and O–H groups in total. The summed E-state index contributed by atoms with van der Waals surface area (Å²) in [5, 5.41) is 3.46. The van der Waals surface area contributed by atoms with E-state index >= 15 is 0 Å². The Bertz CT molecular complexity index is 610. The minimum absolute atomic E-state index is 0.147. The van der Waals surface area contributed by atoms with Crippen molar-refractivity contribution in [2.75, 3.05) is 7.11 Å². The maximum Gasteiger partial charge on any atom is 0.336 e. The van der Waals surface area contributed by atoms with E-state index in [1.54, 1.807) is 25.1 Å². The third-order valence-corrected chi connectivity index (χ3v) is 3.96. The molecule has 6 heteroatoms. The molecule has 2 rings (SSSR count). The van der Waals surface area contributed by atoms with Crippen LogP contribution in [0.4, 0.5) is 0 Å². The first-order valence-electron chi connectivity index (χ1n) is 5.98. The second-order valence-corrected chi connectivity index (χ2v) is 5.32. The SMILES string of the molecule is COC(=O)C1=C(C)NC(=O)CC1c1ccc(Cl)c(Cl)c1. The van der Waals surface area contributed by atoms with E-state index in [4.69, 9.17) is 27.9 Å². The van der Waals surface area contributed by atoms with Gasteiger partial charge in [0.15, 0.2) is 0 Å². The zero-order valence-electron chi connectivity index (χ0n) is 11.0. The van der Waals surface area contributed by atoms with Crippen LogP contribution in [0.1, 0.15) is 24.8 Å². The first kappa shape index (κ1) is 14.9. The molecule has 1 unspecified atom stereocenters. The lowest BCUT2D eigenvalue weighted by Crippen LogP contribution is -2.34. The number of methoxy groups -OCH3 is 1. The molecule has 20 heavy (non-hydrogen) atoms. The third-order valence-electron chi connectivity index (χ3n) is 3.22. The summed E-state index contributed by atoms with van der Waals surface area (Å²) < 4.78 is 4.79. The van der Waals surface area contributed by atoms with Crippen LogP contribution in [0.3, 0.4) is 0 Å². The lowest BCUT2D eigenvalue weighted by atomic mass is 9.84. The molecule has 0 aliphatic carbocycles. The van der Waals surface area contributed by atoms with Gasteiger partial charge in [0.1, 0.15) is 0 Å². The molecule has 0 aromatic heterocycles. The summed E-state index contributed by atoms with van der Waals surface area (Å²) in [7, 11) is 1.31. The topological polar surface area (TPSA) is 55.4 Å². The Morgan fingerprint density at radius 3 is 2.65 bits per heavy atom. The first-order chi connectivity index (χ1) is 9.43. The number of hydrogen-bond acceptors (Lipinski definition) is 3. The van der Waals surface area contributed by atoms with Gasteiger partial charge in [0.2, 0.25) is 5.91 Å². The van der Waals surface area contributed by atoms with E-state index in [0.717, 1.165) is 5.56 Å². The lowest BCUT2D eigenvalue weighted by Gasteiger charge is -2.26. The predicted octanol–water partition coefficient (Wildman–Crippen LogP) is 3.04. The van der Waals surface area contributed by atoms with E-state index in [1.807, 2.05) is 0 Å². The number of nitrogens with one attached hydrogen (secondary N) is 1. The first-order valence-corrected chi connectivity index (χ1v) is 6.73. The van der Waals surface area contributed by atoms with Crippen molar-refractivity contribution < 1.29 is 14.3 Å². The number of benzene rings is 1. The summed E-state index contributed by atoms with van der Waals surface area (Å²) in [5.41, 5.74) is 1.70. The van der Waals surface area contributed by atoms with E-state index in [9.17, 15) is 9.59 Å². The Kier molecular flexibility index (Phi) is 4.35. The van der Waals surface area contributed by atoms with Gasteiger partial charge in [0.05, 0.1) is 22.7 Å². The van der Waals surface area contributed by atoms with Crippen LogP contribution in [0.15, 0.2) is 29.5 Å². The van der Waals surface area contributed by atoms with Crippen LogP contribution in [0.2, 0.25) is 10.0 Å². The fourth-order valence-electron chi connectivity index (χ4n) is 2.30. The second-order valence-electron chi connectivity index (χ2n) is 4.51. The van der Waals surface area contributed by atoms with Gasteiger partial charge in [-0.2, -0.15) is 0 Å². The number of carbonyl (C=O) groups is 2. The van der Waals surface area contributed by atoms with Gasteiger partial charge in [0.25, 0.3) is 0 Å². The molecule has 0 radical (unpaired) electrons. The van der Waals surface area contributed by atoms with Gasteiger partial charge in [-0.05, 0) is 24.6 Å². The van der Waals surface area contributed by atoms with Gasteiger partial charge in [-0.25, -0.2) is 4.79 Å². The van der Waals surface area contributed by atoms with Crippen molar-refractivity contribution in [1.82, 2.24) is 5.32 Å². The zero-order chi connectivity index (χ0) is 14.9. The molecule has 0 saturated carbocycles. The molecule has 1 aromatic carbocycles. The molecule has 1 aliphatic heterocycles. The van der Waals surface area contributed by atoms with Crippen molar-refractivity contribution in [1.29, 1.82) is 0 Å². The summed E-state index contributed by atoms with van der Waals surface area (Å²) in [5.74, 6) is -0.990. The molecule has 0 saturated heterocycles. The highest BCUT2D eigenvalue weighted by atomic mass is 35.5. The Morgan fingerprint density at radius 1 is 1.35 bits per heavy atom. The number of amides is 1. The van der Waals surface area contributed by atoms with E-state index in [2.05, 4.69) is 5.32 Å². The van der Waals surface area contributed by atoms with Crippen molar-refractivity contribution in [3.05, 3.63) is 45.1 Å². The summed E-state index contributed by atoms with van der Waals surface area (Å²) in [6.07, 6.45) is 0.166. The van der Waals surface area contributed by atoms with Gasteiger partial charge in [0, 0.05) is 18.0 Å². The third kappa shape index (κ3) is 2.81. The van der Waals surface area contributed by atoms with E-state index in [-0.39, 0.29) is 18.2 Å². The van der Waals surface area contributed by atoms with Gasteiger partial charge in [-0.3, -0.25) is 4.79 Å². The molecule has 1 atom stereocenters. The standard InChI is InChI=1S/C14H13Cl2NO3/c1-7-13(14(19)20-2)9(6-12(18)17-7)8-3-4-10(15)11(16)5-8/h3-5,9H,6H2,1-2H3,(H,17,18). The van der Waals surface area contributed by atoms with E-state index in [0.29, 0.717) is 21.3 Å². The quantitative estimate of drug-likeness (QED) is 0.854. The number of allylic oxidation sites excluding steroid dienone is 1. The van der Waals surface area contributed by atoms with Crippen molar-refractivity contribution >= 4 is 35.1 Å². The molecule has 0 fully saturated rings. The van der Waals surface area contributed by atoms with Crippen molar-refractivity contribution in [3.8, 4) is 0 Å². The largest absolute Gasteiger partial charge is 0.466 e. The smallest absolute Gasteiger partial charge is 0.336 e. The average Bonchev–Trinajstić information content (AvgIpc) is 2.40. The predicted molar refractivity (Wildman–Crippen MR) is 76.7 cm³/mol. The second kappa shape index (κ2) is 5.85. The minimum atomic E-state index is -0.460. The Balaban J connectivity index is 2.50. The lowest BCUT2D eigenvalue weighted by molar-refractivity contribution is -0.136. The molecule has 1 heterocycles. The van der Waals surface area contributed by atoms with E-state index < -0.39 is 5.97 Å². The monoisotopic (exact) mass is 313 g/mol. The number of halogens is 2. The summed E-state index contributed by atoms with van der Waals surface area (Å²) in [4.78, 5) is 23.6. The molecule has 4 nitrogen and oxygen atoms in total. The number of ether oxygens (including phenoxy) is 1. The number of rotatable bonds is 2. The van der Waals surface area contributed by atoms with Gasteiger partial charge < -0.3 is 10.1 Å². The zero-order valence-corrected chi connectivity index (χ0v) is 12.5. The fourth-order valence-corrected chi connectivity index (χ4v) is 2.60. The molecule has 106 valence electrons. The van der Waals surface area contributed by atoms with Crippen molar-refractivity contribution in [2.45, 2.75) is 19.3 Å². The van der Waals surface area contributed by atoms with Crippen LogP contribution in [-0.4, -0.2) is 19.0 Å².